The molecule has 1 aromatic rings. The molecule has 2 saturated heterocycles. The van der Waals surface area contributed by atoms with Gasteiger partial charge < -0.3 is 5.32 Å². The highest BCUT2D eigenvalue weighted by atomic mass is 15.3. The van der Waals surface area contributed by atoms with Crippen molar-refractivity contribution in [2.45, 2.75) is 38.3 Å². The summed E-state index contributed by atoms with van der Waals surface area (Å²) in [7, 11) is 0. The summed E-state index contributed by atoms with van der Waals surface area (Å²) in [4.78, 5) is 2.60. The third-order valence-corrected chi connectivity index (χ3v) is 3.74. The molecule has 2 atom stereocenters. The minimum atomic E-state index is 0.569. The third-order valence-electron chi connectivity index (χ3n) is 3.74. The summed E-state index contributed by atoms with van der Waals surface area (Å²) in [5, 5.41) is 11.8. The molecule has 3 rings (SSSR count). The molecule has 3 heterocycles. The van der Waals surface area contributed by atoms with Gasteiger partial charge in [0.15, 0.2) is 0 Å². The summed E-state index contributed by atoms with van der Waals surface area (Å²) in [6.45, 7) is 4.48. The summed E-state index contributed by atoms with van der Waals surface area (Å²) in [5.41, 5.74) is 0.972. The van der Waals surface area contributed by atoms with Crippen LogP contribution < -0.4 is 5.32 Å². The summed E-state index contributed by atoms with van der Waals surface area (Å²) in [6, 6.07) is 5.33. The van der Waals surface area contributed by atoms with E-state index >= 15 is 0 Å². The van der Waals surface area contributed by atoms with E-state index in [0.717, 1.165) is 17.6 Å². The number of aromatic nitrogens is 2. The van der Waals surface area contributed by atoms with Crippen LogP contribution in [-0.4, -0.2) is 40.3 Å². The van der Waals surface area contributed by atoms with Crippen LogP contribution in [0.5, 0.6) is 0 Å². The Bertz CT molecular complexity index is 362. The molecule has 2 aliphatic rings. The fourth-order valence-corrected chi connectivity index (χ4v) is 2.92. The van der Waals surface area contributed by atoms with Crippen molar-refractivity contribution in [1.82, 2.24) is 15.1 Å². The number of fused-ring (bicyclic) bond motifs is 1. The molecule has 2 aliphatic heterocycles. The largest absolute Gasteiger partial charge is 0.364 e. The lowest BCUT2D eigenvalue weighted by Gasteiger charge is -2.21. The highest BCUT2D eigenvalue weighted by Crippen LogP contribution is 2.29. The molecule has 0 aromatic carbocycles. The lowest BCUT2D eigenvalue weighted by Crippen LogP contribution is -2.34. The van der Waals surface area contributed by atoms with Gasteiger partial charge in [-0.15, -0.1) is 5.10 Å². The Labute approximate surface area is 96.1 Å². The zero-order chi connectivity index (χ0) is 11.0. The summed E-state index contributed by atoms with van der Waals surface area (Å²) >= 11 is 0. The van der Waals surface area contributed by atoms with Gasteiger partial charge in [0.1, 0.15) is 5.82 Å². The Balaban J connectivity index is 1.68. The van der Waals surface area contributed by atoms with Crippen LogP contribution in [0.3, 0.4) is 0 Å². The molecule has 2 unspecified atom stereocenters. The maximum atomic E-state index is 4.18. The number of nitrogens with zero attached hydrogens (tertiary/aromatic N) is 3. The fraction of sp³-hybridized carbons (Fsp3) is 0.667. The minimum Gasteiger partial charge on any atom is -0.364 e. The van der Waals surface area contributed by atoms with E-state index in [1.54, 1.807) is 0 Å². The van der Waals surface area contributed by atoms with E-state index in [2.05, 4.69) is 20.4 Å². The Morgan fingerprint density at radius 3 is 3.00 bits per heavy atom. The molecule has 0 aliphatic carbocycles. The van der Waals surface area contributed by atoms with E-state index in [1.807, 2.05) is 19.1 Å². The molecule has 0 amide bonds. The third kappa shape index (κ3) is 1.78. The molecule has 86 valence electrons. The van der Waals surface area contributed by atoms with Crippen molar-refractivity contribution in [3.8, 4) is 0 Å². The van der Waals surface area contributed by atoms with Crippen molar-refractivity contribution in [1.29, 1.82) is 0 Å². The molecule has 4 nitrogen and oxygen atoms in total. The van der Waals surface area contributed by atoms with Gasteiger partial charge >= 0.3 is 0 Å². The van der Waals surface area contributed by atoms with E-state index in [0.29, 0.717) is 6.04 Å². The van der Waals surface area contributed by atoms with Gasteiger partial charge in [0, 0.05) is 18.6 Å². The van der Waals surface area contributed by atoms with Gasteiger partial charge in [-0.2, -0.15) is 5.10 Å². The number of rotatable bonds is 2. The average Bonchev–Trinajstić information content (AvgIpc) is 2.86. The van der Waals surface area contributed by atoms with E-state index < -0.39 is 0 Å². The molecule has 0 radical (unpaired) electrons. The second kappa shape index (κ2) is 4.01. The zero-order valence-corrected chi connectivity index (χ0v) is 9.69. The van der Waals surface area contributed by atoms with Crippen molar-refractivity contribution < 1.29 is 0 Å². The molecule has 2 fully saturated rings. The fourth-order valence-electron chi connectivity index (χ4n) is 2.92. The first-order valence-electron chi connectivity index (χ1n) is 6.14. The van der Waals surface area contributed by atoms with E-state index in [-0.39, 0.29) is 0 Å². The highest BCUT2D eigenvalue weighted by molar-refractivity contribution is 5.35. The van der Waals surface area contributed by atoms with Gasteiger partial charge in [-0.1, -0.05) is 0 Å². The number of aryl methyl sites for hydroxylation is 1. The quantitative estimate of drug-likeness (QED) is 0.815. The Kier molecular flexibility index (Phi) is 2.52. The highest BCUT2D eigenvalue weighted by Gasteiger charge is 2.37. The first-order chi connectivity index (χ1) is 7.83. The number of anilines is 1. The lowest BCUT2D eigenvalue weighted by molar-refractivity contribution is 0.318. The monoisotopic (exact) mass is 218 g/mol. The molecule has 4 heteroatoms. The smallest absolute Gasteiger partial charge is 0.148 e. The topological polar surface area (TPSA) is 41.0 Å². The predicted octanol–water partition coefficient (Wildman–Crippen LogP) is 1.43. The van der Waals surface area contributed by atoms with Gasteiger partial charge in [0.25, 0.3) is 0 Å². The van der Waals surface area contributed by atoms with Crippen LogP contribution in [0.1, 0.15) is 25.0 Å². The second-order valence-corrected chi connectivity index (χ2v) is 4.85. The van der Waals surface area contributed by atoms with Crippen LogP contribution >= 0.6 is 0 Å². The predicted molar refractivity (Wildman–Crippen MR) is 63.4 cm³/mol. The first-order valence-corrected chi connectivity index (χ1v) is 6.14. The summed E-state index contributed by atoms with van der Waals surface area (Å²) < 4.78 is 0. The van der Waals surface area contributed by atoms with Crippen molar-refractivity contribution in [3.63, 3.8) is 0 Å². The molecule has 0 spiro atoms. The minimum absolute atomic E-state index is 0.569. The molecule has 0 saturated carbocycles. The first kappa shape index (κ1) is 10.0. The molecular formula is C12H18N4. The number of hydrogen-bond donors (Lipinski definition) is 1. The van der Waals surface area contributed by atoms with Crippen LogP contribution in [0.2, 0.25) is 0 Å². The van der Waals surface area contributed by atoms with E-state index in [4.69, 9.17) is 0 Å². The van der Waals surface area contributed by atoms with E-state index in [1.165, 1.54) is 32.4 Å². The van der Waals surface area contributed by atoms with Gasteiger partial charge in [0.05, 0.1) is 5.69 Å². The van der Waals surface area contributed by atoms with E-state index in [9.17, 15) is 0 Å². The zero-order valence-electron chi connectivity index (χ0n) is 9.69. The Hall–Kier alpha value is -1.16. The van der Waals surface area contributed by atoms with Gasteiger partial charge in [-0.05, 0) is 44.9 Å². The number of nitrogens with one attached hydrogen (secondary N) is 1. The molecule has 1 aromatic heterocycles. The standard InChI is InChI=1S/C12H18N4/c1-9-4-5-12(15-14-9)13-10-6-8-16-7-2-3-11(10)16/h4-5,10-11H,2-3,6-8H2,1H3,(H,13,15). The van der Waals surface area contributed by atoms with Gasteiger partial charge in [-0.25, -0.2) is 0 Å². The van der Waals surface area contributed by atoms with Crippen LogP contribution in [0.15, 0.2) is 12.1 Å². The summed E-state index contributed by atoms with van der Waals surface area (Å²) in [5.74, 6) is 0.921. The Morgan fingerprint density at radius 2 is 2.19 bits per heavy atom. The summed E-state index contributed by atoms with van der Waals surface area (Å²) in [6.07, 6.45) is 3.92. The normalized spacial score (nSPS) is 29.3. The second-order valence-electron chi connectivity index (χ2n) is 4.85. The van der Waals surface area contributed by atoms with Gasteiger partial charge in [-0.3, -0.25) is 4.90 Å². The van der Waals surface area contributed by atoms with Crippen LogP contribution in [0.4, 0.5) is 5.82 Å². The molecule has 1 N–H and O–H groups in total. The van der Waals surface area contributed by atoms with Crippen LogP contribution in [-0.2, 0) is 0 Å². The van der Waals surface area contributed by atoms with Crippen molar-refractivity contribution in [2.24, 2.45) is 0 Å². The average molecular weight is 218 g/mol. The Morgan fingerprint density at radius 1 is 1.25 bits per heavy atom. The van der Waals surface area contributed by atoms with Crippen molar-refractivity contribution in [2.75, 3.05) is 18.4 Å². The number of hydrogen-bond acceptors (Lipinski definition) is 4. The maximum Gasteiger partial charge on any atom is 0.148 e. The van der Waals surface area contributed by atoms with Crippen LogP contribution in [0, 0.1) is 6.92 Å². The maximum absolute atomic E-state index is 4.18. The SMILES string of the molecule is Cc1ccc(NC2CCN3CCCC23)nn1. The van der Waals surface area contributed by atoms with Crippen LogP contribution in [0.25, 0.3) is 0 Å². The molecule has 16 heavy (non-hydrogen) atoms. The van der Waals surface area contributed by atoms with Gasteiger partial charge in [0.2, 0.25) is 0 Å². The molecular weight excluding hydrogens is 200 g/mol. The van der Waals surface area contributed by atoms with Crippen molar-refractivity contribution >= 4 is 5.82 Å². The van der Waals surface area contributed by atoms with Crippen molar-refractivity contribution in [3.05, 3.63) is 17.8 Å². The lowest BCUT2D eigenvalue weighted by atomic mass is 10.1. The molecule has 0 bridgehead atoms.